The standard InChI is InChI=1S/C35H41N3O5/c1-23-14-17-27(18-15-23)38(32(39)19-16-24-22-36-29-13-9-8-12-28(24)29)33(35(40)37-26-10-6-5-7-11-26)25-20-30(41-2)34(43-4)31(21-25)42-3/h8-9,12-15,17-18,20-22,26,33,36H,5-7,10-11,16,19H2,1-4H3,(H,37,40)/t33-/m1/s1. The number of fused-ring (bicyclic) bond motifs is 1. The summed E-state index contributed by atoms with van der Waals surface area (Å²) < 4.78 is 16.9. The summed E-state index contributed by atoms with van der Waals surface area (Å²) in [6.07, 6.45) is 7.87. The molecular weight excluding hydrogens is 542 g/mol. The van der Waals surface area contributed by atoms with Crippen LogP contribution < -0.4 is 24.4 Å². The van der Waals surface area contributed by atoms with Crippen LogP contribution in [0.15, 0.2) is 66.9 Å². The van der Waals surface area contributed by atoms with Gasteiger partial charge in [0, 0.05) is 35.2 Å². The van der Waals surface area contributed by atoms with Gasteiger partial charge in [0.25, 0.3) is 0 Å². The van der Waals surface area contributed by atoms with Gasteiger partial charge in [0.1, 0.15) is 6.04 Å². The van der Waals surface area contributed by atoms with Crippen molar-refractivity contribution >= 4 is 28.4 Å². The molecular formula is C35H41N3O5. The number of rotatable bonds is 11. The van der Waals surface area contributed by atoms with E-state index < -0.39 is 6.04 Å². The number of benzene rings is 3. The second-order valence-corrected chi connectivity index (χ2v) is 11.2. The predicted molar refractivity (Wildman–Crippen MR) is 169 cm³/mol. The highest BCUT2D eigenvalue weighted by molar-refractivity contribution is 6.02. The van der Waals surface area contributed by atoms with Gasteiger partial charge in [0.15, 0.2) is 11.5 Å². The smallest absolute Gasteiger partial charge is 0.248 e. The van der Waals surface area contributed by atoms with Gasteiger partial charge >= 0.3 is 0 Å². The summed E-state index contributed by atoms with van der Waals surface area (Å²) in [5, 5.41) is 4.37. The van der Waals surface area contributed by atoms with E-state index in [1.54, 1.807) is 38.4 Å². The summed E-state index contributed by atoms with van der Waals surface area (Å²) in [5.74, 6) is 0.867. The molecule has 4 aromatic rings. The van der Waals surface area contributed by atoms with E-state index in [9.17, 15) is 9.59 Å². The minimum Gasteiger partial charge on any atom is -0.493 e. The van der Waals surface area contributed by atoms with Gasteiger partial charge in [-0.25, -0.2) is 0 Å². The number of ether oxygens (including phenoxy) is 3. The van der Waals surface area contributed by atoms with E-state index in [1.807, 2.05) is 55.6 Å². The van der Waals surface area contributed by atoms with Crippen molar-refractivity contribution in [2.45, 2.75) is 64.0 Å². The monoisotopic (exact) mass is 583 g/mol. The van der Waals surface area contributed by atoms with Crippen LogP contribution in [0.2, 0.25) is 0 Å². The molecule has 8 nitrogen and oxygen atoms in total. The number of nitrogens with zero attached hydrogens (tertiary/aromatic N) is 1. The number of para-hydroxylation sites is 1. The van der Waals surface area contributed by atoms with E-state index in [0.29, 0.717) is 34.9 Å². The van der Waals surface area contributed by atoms with Gasteiger partial charge in [-0.05, 0) is 67.6 Å². The van der Waals surface area contributed by atoms with E-state index >= 15 is 0 Å². The van der Waals surface area contributed by atoms with Crippen LogP contribution in [0.4, 0.5) is 5.69 Å². The molecule has 43 heavy (non-hydrogen) atoms. The number of amides is 2. The van der Waals surface area contributed by atoms with Gasteiger partial charge in [0.2, 0.25) is 17.6 Å². The lowest BCUT2D eigenvalue weighted by atomic mass is 9.94. The number of hydrogen-bond donors (Lipinski definition) is 2. The highest BCUT2D eigenvalue weighted by Crippen LogP contribution is 2.42. The second kappa shape index (κ2) is 13.7. The molecule has 0 spiro atoms. The zero-order chi connectivity index (χ0) is 30.3. The Morgan fingerprint density at radius 3 is 2.26 bits per heavy atom. The van der Waals surface area contributed by atoms with Crippen molar-refractivity contribution < 1.29 is 23.8 Å². The van der Waals surface area contributed by atoms with E-state index in [-0.39, 0.29) is 24.3 Å². The Morgan fingerprint density at radius 1 is 0.930 bits per heavy atom. The third-order valence-corrected chi connectivity index (χ3v) is 8.32. The Labute approximate surface area is 253 Å². The minimum atomic E-state index is -0.964. The van der Waals surface area contributed by atoms with Crippen molar-refractivity contribution in [2.24, 2.45) is 0 Å². The zero-order valence-corrected chi connectivity index (χ0v) is 25.4. The second-order valence-electron chi connectivity index (χ2n) is 11.2. The number of carbonyl (C=O) groups is 2. The Balaban J connectivity index is 1.58. The number of aromatic nitrogens is 1. The molecule has 1 heterocycles. The van der Waals surface area contributed by atoms with Crippen LogP contribution in [0.5, 0.6) is 17.2 Å². The number of H-pyrrole nitrogens is 1. The van der Waals surface area contributed by atoms with E-state index in [1.165, 1.54) is 6.42 Å². The summed E-state index contributed by atoms with van der Waals surface area (Å²) in [5.41, 5.74) is 4.37. The lowest BCUT2D eigenvalue weighted by molar-refractivity contribution is -0.127. The Kier molecular flexibility index (Phi) is 9.55. The number of methoxy groups -OCH3 is 3. The molecule has 0 saturated heterocycles. The van der Waals surface area contributed by atoms with Crippen molar-refractivity contribution in [3.8, 4) is 17.2 Å². The quantitative estimate of drug-likeness (QED) is 0.206. The lowest BCUT2D eigenvalue weighted by Gasteiger charge is -2.34. The molecule has 1 fully saturated rings. The molecule has 2 amide bonds. The maximum atomic E-state index is 14.4. The Hall–Kier alpha value is -4.46. The average molecular weight is 584 g/mol. The molecule has 8 heteroatoms. The fourth-order valence-corrected chi connectivity index (χ4v) is 6.05. The number of aromatic amines is 1. The molecule has 5 rings (SSSR count). The first-order chi connectivity index (χ1) is 20.9. The maximum absolute atomic E-state index is 14.4. The van der Waals surface area contributed by atoms with Gasteiger partial charge in [-0.3, -0.25) is 14.5 Å². The third kappa shape index (κ3) is 6.63. The first-order valence-corrected chi connectivity index (χ1v) is 15.0. The van der Waals surface area contributed by atoms with Gasteiger partial charge < -0.3 is 24.5 Å². The molecule has 0 bridgehead atoms. The fraction of sp³-hybridized carbons (Fsp3) is 0.371. The molecule has 1 saturated carbocycles. The summed E-state index contributed by atoms with van der Waals surface area (Å²) in [4.78, 5) is 33.6. The van der Waals surface area contributed by atoms with Crippen LogP contribution in [-0.2, 0) is 16.0 Å². The number of anilines is 1. The highest BCUT2D eigenvalue weighted by atomic mass is 16.5. The molecule has 0 radical (unpaired) electrons. The summed E-state index contributed by atoms with van der Waals surface area (Å²) in [6, 6.07) is 18.4. The van der Waals surface area contributed by atoms with Crippen LogP contribution in [-0.4, -0.2) is 44.2 Å². The number of carbonyl (C=O) groups excluding carboxylic acids is 2. The number of nitrogens with one attached hydrogen (secondary N) is 2. The van der Waals surface area contributed by atoms with Gasteiger partial charge in [-0.15, -0.1) is 0 Å². The van der Waals surface area contributed by atoms with Crippen molar-refractivity contribution in [1.29, 1.82) is 0 Å². The molecule has 1 atom stereocenters. The first kappa shape index (κ1) is 30.0. The molecule has 226 valence electrons. The minimum absolute atomic E-state index is 0.0620. The van der Waals surface area contributed by atoms with Crippen LogP contribution in [0.25, 0.3) is 10.9 Å². The Bertz CT molecular complexity index is 1530. The van der Waals surface area contributed by atoms with Crippen molar-refractivity contribution in [2.75, 3.05) is 26.2 Å². The number of hydrogen-bond acceptors (Lipinski definition) is 5. The van der Waals surface area contributed by atoms with Gasteiger partial charge in [0.05, 0.1) is 21.3 Å². The van der Waals surface area contributed by atoms with Crippen LogP contribution >= 0.6 is 0 Å². The normalized spacial score (nSPS) is 14.2. The zero-order valence-electron chi connectivity index (χ0n) is 25.4. The highest BCUT2D eigenvalue weighted by Gasteiger charge is 2.35. The first-order valence-electron chi connectivity index (χ1n) is 15.0. The van der Waals surface area contributed by atoms with E-state index in [4.69, 9.17) is 14.2 Å². The van der Waals surface area contributed by atoms with Crippen LogP contribution in [0.3, 0.4) is 0 Å². The van der Waals surface area contributed by atoms with Gasteiger partial charge in [-0.1, -0.05) is 55.2 Å². The number of aryl methyl sites for hydroxylation is 2. The van der Waals surface area contributed by atoms with Crippen molar-refractivity contribution in [3.05, 3.63) is 83.6 Å². The maximum Gasteiger partial charge on any atom is 0.248 e. The third-order valence-electron chi connectivity index (χ3n) is 8.32. The summed E-state index contributed by atoms with van der Waals surface area (Å²) in [6.45, 7) is 2.00. The molecule has 1 aliphatic rings. The molecule has 3 aromatic carbocycles. The molecule has 0 aliphatic heterocycles. The predicted octanol–water partition coefficient (Wildman–Crippen LogP) is 6.66. The molecule has 1 aliphatic carbocycles. The van der Waals surface area contributed by atoms with Gasteiger partial charge in [-0.2, -0.15) is 0 Å². The summed E-state index contributed by atoms with van der Waals surface area (Å²) >= 11 is 0. The molecule has 2 N–H and O–H groups in total. The SMILES string of the molecule is COc1cc([C@H](C(=O)NC2CCCCC2)N(C(=O)CCc2c[nH]c3ccccc23)c2ccc(C)cc2)cc(OC)c1OC. The van der Waals surface area contributed by atoms with Crippen molar-refractivity contribution in [3.63, 3.8) is 0 Å². The van der Waals surface area contributed by atoms with Crippen molar-refractivity contribution in [1.82, 2.24) is 10.3 Å². The van der Waals surface area contributed by atoms with E-state index in [0.717, 1.165) is 47.7 Å². The molecule has 1 aromatic heterocycles. The summed E-state index contributed by atoms with van der Waals surface area (Å²) in [7, 11) is 4.63. The fourth-order valence-electron chi connectivity index (χ4n) is 6.05. The average Bonchev–Trinajstić information content (AvgIpc) is 3.45. The molecule has 0 unspecified atom stereocenters. The van der Waals surface area contributed by atoms with Crippen LogP contribution in [0.1, 0.15) is 61.3 Å². The van der Waals surface area contributed by atoms with E-state index in [2.05, 4.69) is 16.4 Å². The largest absolute Gasteiger partial charge is 0.493 e. The Morgan fingerprint density at radius 2 is 1.60 bits per heavy atom. The lowest BCUT2D eigenvalue weighted by Crippen LogP contribution is -2.47. The van der Waals surface area contributed by atoms with Crippen LogP contribution in [0, 0.1) is 6.92 Å². The topological polar surface area (TPSA) is 92.9 Å².